The minimum atomic E-state index is -4.66. The molecule has 6 bridgehead atoms. The zero-order valence-electron chi connectivity index (χ0n) is 44.9. The molecule has 8 rings (SSSR count). The van der Waals surface area contributed by atoms with Crippen LogP contribution in [0.2, 0.25) is 0 Å². The second-order valence-corrected chi connectivity index (χ2v) is 22.6. The lowest BCUT2D eigenvalue weighted by Gasteiger charge is -2.41. The van der Waals surface area contributed by atoms with Gasteiger partial charge in [-0.15, -0.1) is 10.2 Å². The fourth-order valence-electron chi connectivity index (χ4n) is 10.8. The Balaban J connectivity index is 1.14. The summed E-state index contributed by atoms with van der Waals surface area (Å²) in [5, 5.41) is 24.7. The van der Waals surface area contributed by atoms with Crippen molar-refractivity contribution in [1.29, 1.82) is 0 Å². The van der Waals surface area contributed by atoms with Crippen LogP contribution in [0.15, 0.2) is 40.9 Å². The van der Waals surface area contributed by atoms with Gasteiger partial charge >= 0.3 is 12.1 Å². The number of fused-ring (bicyclic) bond motifs is 6. The lowest BCUT2D eigenvalue weighted by Crippen LogP contribution is -2.67. The third-order valence-electron chi connectivity index (χ3n) is 15.2. The van der Waals surface area contributed by atoms with E-state index in [4.69, 9.17) is 13.9 Å². The lowest BCUT2D eigenvalue weighted by atomic mass is 9.84. The maximum absolute atomic E-state index is 14.7. The number of carbonyl (C=O) groups is 5. The Bertz CT molecular complexity index is 2960. The molecule has 4 aromatic rings. The van der Waals surface area contributed by atoms with Crippen molar-refractivity contribution in [2.75, 3.05) is 53.5 Å². The number of ether oxygens (including phenoxy) is 2. The zero-order valence-corrected chi connectivity index (χ0v) is 44.9. The maximum atomic E-state index is 14.7. The van der Waals surface area contributed by atoms with Crippen LogP contribution >= 0.6 is 0 Å². The van der Waals surface area contributed by atoms with E-state index >= 15 is 0 Å². The van der Waals surface area contributed by atoms with Gasteiger partial charge in [-0.05, 0) is 101 Å². The first-order chi connectivity index (χ1) is 35.6. The SMILES string of the molecule is CO[C@@H](C)c1ncccc1-c1c2c3cc(ccc3n1CC(F)(F)F)-c1nnc(o1)C[C@H](NC(=O)[C@H](C(C)C)N(C)C(=O)C1(C)CCN(C(=O)C#CC(C)(C)N3CCC3)C1)C(=O)N1CCC[C@@](O)(N1)C(=O)OCC(C)(C)C2. The van der Waals surface area contributed by atoms with E-state index in [1.54, 1.807) is 70.7 Å². The molecule has 0 spiro atoms. The van der Waals surface area contributed by atoms with Gasteiger partial charge in [0.2, 0.25) is 29.3 Å². The van der Waals surface area contributed by atoms with Crippen LogP contribution < -0.4 is 10.7 Å². The number of aromatic nitrogens is 4. The number of nitrogens with zero attached hydrogens (tertiary/aromatic N) is 8. The van der Waals surface area contributed by atoms with E-state index in [1.807, 2.05) is 13.8 Å². The molecule has 22 heteroatoms. The highest BCUT2D eigenvalue weighted by molar-refractivity contribution is 5.97. The number of aliphatic hydroxyl groups is 1. The molecule has 3 fully saturated rings. The van der Waals surface area contributed by atoms with Gasteiger partial charge < -0.3 is 38.7 Å². The Kier molecular flexibility index (Phi) is 15.6. The van der Waals surface area contributed by atoms with Crippen LogP contribution in [0.1, 0.15) is 104 Å². The first-order valence-corrected chi connectivity index (χ1v) is 25.8. The van der Waals surface area contributed by atoms with Crippen molar-refractivity contribution in [1.82, 2.24) is 50.2 Å². The summed E-state index contributed by atoms with van der Waals surface area (Å²) in [5.41, 5.74) is -0.248. The molecule has 3 N–H and O–H groups in total. The van der Waals surface area contributed by atoms with Crippen LogP contribution in [-0.4, -0.2) is 157 Å². The van der Waals surface area contributed by atoms with Gasteiger partial charge in [0.15, 0.2) is 0 Å². The number of hydrazine groups is 1. The lowest BCUT2D eigenvalue weighted by molar-refractivity contribution is -0.189. The van der Waals surface area contributed by atoms with Crippen LogP contribution in [0.25, 0.3) is 33.6 Å². The number of esters is 1. The third-order valence-corrected chi connectivity index (χ3v) is 15.2. The Hall–Kier alpha value is -6.41. The molecule has 0 radical (unpaired) electrons. The monoisotopic (exact) mass is 1060 g/mol. The average Bonchev–Trinajstić information content (AvgIpc) is 4.07. The van der Waals surface area contributed by atoms with E-state index in [0.717, 1.165) is 24.5 Å². The molecule has 1 aromatic carbocycles. The number of amides is 4. The molecule has 5 atom stereocenters. The molecule has 410 valence electrons. The van der Waals surface area contributed by atoms with Gasteiger partial charge in [-0.2, -0.15) is 18.6 Å². The minimum Gasteiger partial charge on any atom is -0.462 e. The fraction of sp³-hybridized carbons (Fsp3) is 0.593. The largest absolute Gasteiger partial charge is 0.462 e. The Morgan fingerprint density at radius 1 is 1.04 bits per heavy atom. The molecule has 3 saturated heterocycles. The van der Waals surface area contributed by atoms with Gasteiger partial charge in [-0.1, -0.05) is 33.6 Å². The van der Waals surface area contributed by atoms with Gasteiger partial charge in [0.25, 0.3) is 11.8 Å². The number of hydrogen-bond acceptors (Lipinski definition) is 14. The predicted molar refractivity (Wildman–Crippen MR) is 272 cm³/mol. The molecule has 4 amide bonds. The Labute approximate surface area is 440 Å². The highest BCUT2D eigenvalue weighted by Crippen LogP contribution is 2.43. The van der Waals surface area contributed by atoms with Crippen LogP contribution in [-0.2, 0) is 52.8 Å². The van der Waals surface area contributed by atoms with E-state index in [2.05, 4.69) is 42.7 Å². The van der Waals surface area contributed by atoms with E-state index in [9.17, 15) is 42.3 Å². The summed E-state index contributed by atoms with van der Waals surface area (Å²) in [6, 6.07) is 5.43. The molecule has 7 heterocycles. The number of likely N-dealkylation sites (N-methyl/N-ethyl adjacent to an activating group) is 1. The van der Waals surface area contributed by atoms with Crippen molar-refractivity contribution < 1.29 is 56.1 Å². The molecule has 76 heavy (non-hydrogen) atoms. The number of cyclic esters (lactones) is 1. The fourth-order valence-corrected chi connectivity index (χ4v) is 10.8. The number of hydrogen-bond donors (Lipinski definition) is 3. The molecule has 19 nitrogen and oxygen atoms in total. The number of rotatable bonds is 10. The topological polar surface area (TPSA) is 218 Å². The van der Waals surface area contributed by atoms with Crippen molar-refractivity contribution in [2.24, 2.45) is 16.7 Å². The van der Waals surface area contributed by atoms with Gasteiger partial charge in [0, 0.05) is 86.9 Å². The number of benzene rings is 1. The summed E-state index contributed by atoms with van der Waals surface area (Å²) >= 11 is 0. The van der Waals surface area contributed by atoms with Crippen LogP contribution in [0.5, 0.6) is 0 Å². The van der Waals surface area contributed by atoms with Gasteiger partial charge in [0.05, 0.1) is 41.5 Å². The number of likely N-dealkylation sites (tertiary alicyclic amines) is 2. The highest BCUT2D eigenvalue weighted by atomic mass is 19.4. The maximum Gasteiger partial charge on any atom is 0.406 e. The van der Waals surface area contributed by atoms with Crippen molar-refractivity contribution >= 4 is 40.5 Å². The highest BCUT2D eigenvalue weighted by Gasteiger charge is 2.48. The average molecular weight is 1060 g/mol. The quantitative estimate of drug-likeness (QED) is 0.138. The molecular formula is C54H69F3N10O9. The third kappa shape index (κ3) is 11.5. The Morgan fingerprint density at radius 3 is 2.45 bits per heavy atom. The molecule has 0 saturated carbocycles. The van der Waals surface area contributed by atoms with Crippen LogP contribution in [0.3, 0.4) is 0 Å². The minimum absolute atomic E-state index is 0.000421. The van der Waals surface area contributed by atoms with Gasteiger partial charge in [-0.3, -0.25) is 34.1 Å². The normalized spacial score (nSPS) is 23.3. The first-order valence-electron chi connectivity index (χ1n) is 25.8. The van der Waals surface area contributed by atoms with Gasteiger partial charge in [-0.25, -0.2) is 4.79 Å². The number of halogens is 3. The Morgan fingerprint density at radius 2 is 1.78 bits per heavy atom. The summed E-state index contributed by atoms with van der Waals surface area (Å²) in [6.45, 7) is 15.0. The summed E-state index contributed by atoms with van der Waals surface area (Å²) in [5.74, 6) is 1.88. The van der Waals surface area contributed by atoms with Crippen molar-refractivity contribution in [3.63, 3.8) is 0 Å². The number of nitrogens with one attached hydrogen (secondary N) is 2. The predicted octanol–water partition coefficient (Wildman–Crippen LogP) is 5.20. The van der Waals surface area contributed by atoms with Crippen molar-refractivity contribution in [3.8, 4) is 34.6 Å². The first kappa shape index (κ1) is 55.8. The number of methoxy groups -OCH3 is 1. The van der Waals surface area contributed by atoms with Gasteiger partial charge in [0.1, 0.15) is 18.6 Å². The van der Waals surface area contributed by atoms with Crippen LogP contribution in [0, 0.1) is 28.6 Å². The van der Waals surface area contributed by atoms with Crippen molar-refractivity contribution in [2.45, 2.75) is 136 Å². The van der Waals surface area contributed by atoms with E-state index < -0.39 is 83.1 Å². The van der Waals surface area contributed by atoms with E-state index in [0.29, 0.717) is 34.2 Å². The van der Waals surface area contributed by atoms with E-state index in [-0.39, 0.29) is 80.3 Å². The zero-order chi connectivity index (χ0) is 55.3. The van der Waals surface area contributed by atoms with Crippen LogP contribution in [0.4, 0.5) is 13.2 Å². The van der Waals surface area contributed by atoms with E-state index in [1.165, 1.54) is 35.9 Å². The molecular weight excluding hydrogens is 990 g/mol. The second kappa shape index (κ2) is 21.2. The second-order valence-electron chi connectivity index (χ2n) is 22.6. The standard InChI is InChI=1S/C54H69F3N10O9/c1-32(2)43(63(9)48(71)52(8)20-25-64(29-52)41(68)17-19-51(6,7)65-22-13-23-65)45(69)59-38-27-40-60-61-46(76-40)34-15-16-39-36(26-34)37(28-50(4,5)31-75-49(72)53(73)18-12-24-67(62-53)47(38)70)44(66(39)30-54(55,56)57)35-14-11-21-58-42(35)33(3)74-10/h11,14-16,21,26,32-33,38,43,62,73H,12-13,18,20,22-25,27-31H2,1-10H3,(H,59,69)/t33-,38-,43-,52?,53-/m0/s1. The van der Waals surface area contributed by atoms with Crippen molar-refractivity contribution in [3.05, 3.63) is 53.7 Å². The summed E-state index contributed by atoms with van der Waals surface area (Å²) < 4.78 is 63.0. The number of pyridine rings is 1. The smallest absolute Gasteiger partial charge is 0.406 e. The summed E-state index contributed by atoms with van der Waals surface area (Å²) in [7, 11) is 2.98. The molecule has 0 aliphatic carbocycles. The number of carbonyl (C=O) groups excluding carboxylic acids is 5. The molecule has 3 aromatic heterocycles. The number of alkyl halides is 3. The molecule has 4 aliphatic heterocycles. The summed E-state index contributed by atoms with van der Waals surface area (Å²) in [6.07, 6.45) is -2.72. The summed E-state index contributed by atoms with van der Waals surface area (Å²) in [4.78, 5) is 80.9. The molecule has 4 aliphatic rings. The molecule has 1 unspecified atom stereocenters.